The molecule has 2 rings (SSSR count). The number of rotatable bonds is 15. The van der Waals surface area contributed by atoms with E-state index in [0.717, 1.165) is 44.1 Å². The first kappa shape index (κ1) is 33.1. The van der Waals surface area contributed by atoms with E-state index in [-0.39, 0.29) is 19.3 Å². The zero-order chi connectivity index (χ0) is 29.5. The molecule has 0 aliphatic heterocycles. The Morgan fingerprint density at radius 2 is 1.70 bits per heavy atom. The predicted molar refractivity (Wildman–Crippen MR) is 152 cm³/mol. The number of hydrogen-bond donors (Lipinski definition) is 5. The van der Waals surface area contributed by atoms with Crippen LogP contribution in [0, 0.1) is 5.92 Å². The summed E-state index contributed by atoms with van der Waals surface area (Å²) >= 11 is 0. The van der Waals surface area contributed by atoms with Crippen molar-refractivity contribution in [2.45, 2.75) is 115 Å². The number of benzene rings is 1. The molecule has 0 saturated heterocycles. The molecule has 1 aliphatic rings. The van der Waals surface area contributed by atoms with Crippen molar-refractivity contribution in [1.29, 1.82) is 0 Å². The van der Waals surface area contributed by atoms with Gasteiger partial charge in [-0.15, -0.1) is 0 Å². The minimum Gasteiger partial charge on any atom is -0.481 e. The zero-order valence-corrected chi connectivity index (χ0v) is 24.1. The van der Waals surface area contributed by atoms with E-state index in [0.29, 0.717) is 25.3 Å². The molecule has 224 valence electrons. The van der Waals surface area contributed by atoms with Gasteiger partial charge in [-0.3, -0.25) is 14.4 Å². The normalized spacial score (nSPS) is 16.3. The number of hydrogen-bond acceptors (Lipinski definition) is 6. The second-order valence-corrected chi connectivity index (χ2v) is 11.7. The lowest BCUT2D eigenvalue weighted by Gasteiger charge is -2.31. The molecule has 0 spiro atoms. The summed E-state index contributed by atoms with van der Waals surface area (Å²) < 4.78 is 5.37. The summed E-state index contributed by atoms with van der Waals surface area (Å²) in [6, 6.07) is 8.08. The highest BCUT2D eigenvalue weighted by molar-refractivity contribution is 5.88. The molecule has 0 bridgehead atoms. The Bertz CT molecular complexity index is 942. The molecule has 1 fully saturated rings. The Hall–Kier alpha value is -3.14. The maximum Gasteiger partial charge on any atom is 0.407 e. The minimum atomic E-state index is -1.21. The van der Waals surface area contributed by atoms with E-state index in [2.05, 4.69) is 16.0 Å². The number of aliphatic hydroxyl groups excluding tert-OH is 1. The number of carbonyl (C=O) groups excluding carboxylic acids is 3. The van der Waals surface area contributed by atoms with Gasteiger partial charge in [-0.25, -0.2) is 4.79 Å². The summed E-state index contributed by atoms with van der Waals surface area (Å²) in [5.41, 5.74) is 0.428. The highest BCUT2D eigenvalue weighted by Crippen LogP contribution is 2.28. The molecular formula is C30H47N3O7. The highest BCUT2D eigenvalue weighted by atomic mass is 16.6. The standard InChI is InChI=1S/C30H47N3O7/c1-30(2,3)40-29(39)33-24(19-22-13-8-5-9-14-22)25(34)20-26(35)32-23(16-17-27(36)37)28(38)31-18-10-15-21-11-6-4-7-12-21/h4,6-7,11-12,22-25,34H,5,8-10,13-20H2,1-3H3,(H,31,38)(H,32,35)(H,33,39)(H,36,37)/t23-,24-,25-/m0/s1. The van der Waals surface area contributed by atoms with Crippen molar-refractivity contribution in [2.75, 3.05) is 6.54 Å². The van der Waals surface area contributed by atoms with Crippen LogP contribution in [0.25, 0.3) is 0 Å². The van der Waals surface area contributed by atoms with Crippen LogP contribution >= 0.6 is 0 Å². The topological polar surface area (TPSA) is 154 Å². The fourth-order valence-electron chi connectivity index (χ4n) is 4.95. The van der Waals surface area contributed by atoms with Gasteiger partial charge in [-0.05, 0) is 57.9 Å². The number of nitrogens with one attached hydrogen (secondary N) is 3. The van der Waals surface area contributed by atoms with Crippen LogP contribution in [0.2, 0.25) is 0 Å². The Labute approximate surface area is 237 Å². The van der Waals surface area contributed by atoms with Gasteiger partial charge in [0.25, 0.3) is 0 Å². The van der Waals surface area contributed by atoms with E-state index in [1.807, 2.05) is 30.3 Å². The Kier molecular flexibility index (Phi) is 13.9. The summed E-state index contributed by atoms with van der Waals surface area (Å²) in [6.45, 7) is 5.61. The van der Waals surface area contributed by atoms with E-state index in [4.69, 9.17) is 9.84 Å². The summed E-state index contributed by atoms with van der Waals surface area (Å²) in [7, 11) is 0. The number of carboxylic acids is 1. The molecule has 10 nitrogen and oxygen atoms in total. The number of aliphatic carboxylic acids is 1. The van der Waals surface area contributed by atoms with Crippen LogP contribution in [-0.4, -0.2) is 64.4 Å². The van der Waals surface area contributed by atoms with Crippen LogP contribution in [0.15, 0.2) is 30.3 Å². The molecule has 10 heteroatoms. The summed E-state index contributed by atoms with van der Waals surface area (Å²) in [5.74, 6) is -1.83. The van der Waals surface area contributed by atoms with Crippen LogP contribution in [0.1, 0.15) is 90.5 Å². The SMILES string of the molecule is CC(C)(C)OC(=O)N[C@@H](CC1CCCCC1)[C@@H](O)CC(=O)N[C@@H](CCC(=O)O)C(=O)NCCCc1ccccc1. The van der Waals surface area contributed by atoms with E-state index in [1.54, 1.807) is 20.8 Å². The van der Waals surface area contributed by atoms with Crippen molar-refractivity contribution >= 4 is 23.9 Å². The third-order valence-electron chi connectivity index (χ3n) is 6.96. The van der Waals surface area contributed by atoms with Crippen molar-refractivity contribution in [2.24, 2.45) is 5.92 Å². The lowest BCUT2D eigenvalue weighted by Crippen LogP contribution is -2.50. The van der Waals surface area contributed by atoms with Crippen LogP contribution in [0.3, 0.4) is 0 Å². The molecule has 1 saturated carbocycles. The number of carboxylic acid groups (broad SMARTS) is 1. The van der Waals surface area contributed by atoms with Gasteiger partial charge in [0.15, 0.2) is 0 Å². The van der Waals surface area contributed by atoms with Crippen LogP contribution < -0.4 is 16.0 Å². The summed E-state index contributed by atoms with van der Waals surface area (Å²) in [5, 5.41) is 28.2. The fourth-order valence-corrected chi connectivity index (χ4v) is 4.95. The molecule has 40 heavy (non-hydrogen) atoms. The zero-order valence-electron chi connectivity index (χ0n) is 24.1. The molecule has 3 atom stereocenters. The van der Waals surface area contributed by atoms with Gasteiger partial charge in [0.05, 0.1) is 18.6 Å². The maximum absolute atomic E-state index is 12.9. The van der Waals surface area contributed by atoms with Gasteiger partial charge in [0.1, 0.15) is 11.6 Å². The molecular weight excluding hydrogens is 514 g/mol. The highest BCUT2D eigenvalue weighted by Gasteiger charge is 2.30. The monoisotopic (exact) mass is 561 g/mol. The quantitative estimate of drug-likeness (QED) is 0.205. The first-order chi connectivity index (χ1) is 18.9. The number of aryl methyl sites for hydroxylation is 1. The third-order valence-corrected chi connectivity index (χ3v) is 6.96. The molecule has 5 N–H and O–H groups in total. The van der Waals surface area contributed by atoms with Crippen LogP contribution in [-0.2, 0) is 25.5 Å². The first-order valence-corrected chi connectivity index (χ1v) is 14.4. The third kappa shape index (κ3) is 13.8. The molecule has 0 aromatic heterocycles. The molecule has 0 heterocycles. The van der Waals surface area contributed by atoms with Crippen molar-refractivity contribution in [3.63, 3.8) is 0 Å². The second-order valence-electron chi connectivity index (χ2n) is 11.7. The van der Waals surface area contributed by atoms with Gasteiger partial charge in [0.2, 0.25) is 11.8 Å². The number of carbonyl (C=O) groups is 4. The number of aliphatic hydroxyl groups is 1. The lowest BCUT2D eigenvalue weighted by atomic mass is 9.83. The molecule has 1 aromatic carbocycles. The van der Waals surface area contributed by atoms with Crippen molar-refractivity contribution in [1.82, 2.24) is 16.0 Å². The van der Waals surface area contributed by atoms with Gasteiger partial charge in [-0.1, -0.05) is 62.4 Å². The molecule has 0 unspecified atom stereocenters. The fraction of sp³-hybridized carbons (Fsp3) is 0.667. The maximum atomic E-state index is 12.9. The second kappa shape index (κ2) is 16.8. The molecule has 3 amide bonds. The first-order valence-electron chi connectivity index (χ1n) is 14.4. The van der Waals surface area contributed by atoms with E-state index in [1.165, 1.54) is 0 Å². The largest absolute Gasteiger partial charge is 0.481 e. The Morgan fingerprint density at radius 1 is 1.02 bits per heavy atom. The average molecular weight is 562 g/mol. The van der Waals surface area contributed by atoms with Crippen LogP contribution in [0.5, 0.6) is 0 Å². The van der Waals surface area contributed by atoms with E-state index >= 15 is 0 Å². The van der Waals surface area contributed by atoms with Gasteiger partial charge >= 0.3 is 12.1 Å². The Balaban J connectivity index is 1.96. The average Bonchev–Trinajstić information content (AvgIpc) is 2.88. The Morgan fingerprint density at radius 3 is 2.33 bits per heavy atom. The van der Waals surface area contributed by atoms with E-state index < -0.39 is 47.7 Å². The predicted octanol–water partition coefficient (Wildman–Crippen LogP) is 3.70. The molecule has 1 aliphatic carbocycles. The smallest absolute Gasteiger partial charge is 0.407 e. The molecule has 0 radical (unpaired) electrons. The van der Waals surface area contributed by atoms with Crippen LogP contribution in [0.4, 0.5) is 4.79 Å². The number of ether oxygens (including phenoxy) is 1. The van der Waals surface area contributed by atoms with E-state index in [9.17, 15) is 24.3 Å². The van der Waals surface area contributed by atoms with Gasteiger partial charge < -0.3 is 30.9 Å². The lowest BCUT2D eigenvalue weighted by molar-refractivity contribution is -0.138. The van der Waals surface area contributed by atoms with Crippen molar-refractivity contribution in [3.05, 3.63) is 35.9 Å². The summed E-state index contributed by atoms with van der Waals surface area (Å²) in [6.07, 6.45) is 4.70. The van der Waals surface area contributed by atoms with Crippen molar-refractivity contribution in [3.8, 4) is 0 Å². The molecule has 1 aromatic rings. The number of alkyl carbamates (subject to hydrolysis) is 1. The van der Waals surface area contributed by atoms with Gasteiger partial charge in [0, 0.05) is 13.0 Å². The van der Waals surface area contributed by atoms with Crippen molar-refractivity contribution < 1.29 is 34.1 Å². The minimum absolute atomic E-state index is 0.0800. The summed E-state index contributed by atoms with van der Waals surface area (Å²) in [4.78, 5) is 49.3. The number of amides is 3. The van der Waals surface area contributed by atoms with Gasteiger partial charge in [-0.2, -0.15) is 0 Å².